The summed E-state index contributed by atoms with van der Waals surface area (Å²) in [4.78, 5) is 17.3. The van der Waals surface area contributed by atoms with Crippen molar-refractivity contribution in [3.63, 3.8) is 0 Å². The Hall–Kier alpha value is -1.78. The Morgan fingerprint density at radius 3 is 2.59 bits per heavy atom. The number of nitrogens with one attached hydrogen (secondary N) is 1. The van der Waals surface area contributed by atoms with Gasteiger partial charge in [0.15, 0.2) is 5.82 Å². The summed E-state index contributed by atoms with van der Waals surface area (Å²) in [6.07, 6.45) is 3.17. The second-order valence-electron chi connectivity index (χ2n) is 8.11. The average Bonchev–Trinajstić information content (AvgIpc) is 3.20. The second kappa shape index (κ2) is 8.16. The van der Waals surface area contributed by atoms with E-state index in [4.69, 9.17) is 4.52 Å². The molecule has 29 heavy (non-hydrogen) atoms. The lowest BCUT2D eigenvalue weighted by molar-refractivity contribution is -0.127. The molecule has 10 heteroatoms. The van der Waals surface area contributed by atoms with Crippen LogP contribution in [0.4, 0.5) is 0 Å². The van der Waals surface area contributed by atoms with E-state index in [1.165, 1.54) is 15.6 Å². The Balaban J connectivity index is 1.37. The number of aromatic nitrogens is 2. The zero-order valence-corrected chi connectivity index (χ0v) is 18.2. The van der Waals surface area contributed by atoms with Crippen molar-refractivity contribution in [3.8, 4) is 0 Å². The topological polar surface area (TPSA) is 105 Å². The van der Waals surface area contributed by atoms with E-state index in [9.17, 15) is 13.2 Å². The van der Waals surface area contributed by atoms with Gasteiger partial charge in [0.2, 0.25) is 11.8 Å². The summed E-state index contributed by atoms with van der Waals surface area (Å²) in [6, 6.07) is 3.01. The van der Waals surface area contributed by atoms with Gasteiger partial charge in [0.05, 0.1) is 0 Å². The van der Waals surface area contributed by atoms with Crippen molar-refractivity contribution >= 4 is 27.3 Å². The maximum Gasteiger partial charge on any atom is 0.252 e. The predicted molar refractivity (Wildman–Crippen MR) is 108 cm³/mol. The summed E-state index contributed by atoms with van der Waals surface area (Å²) >= 11 is 1.22. The molecular formula is C19H26N4O4S2. The predicted octanol–water partition coefficient (Wildman–Crippen LogP) is 2.92. The van der Waals surface area contributed by atoms with Gasteiger partial charge in [-0.15, -0.1) is 11.3 Å². The number of rotatable bonds is 7. The maximum absolute atomic E-state index is 12.9. The Kier molecular flexibility index (Phi) is 5.76. The second-order valence-corrected chi connectivity index (χ2v) is 11.2. The quantitative estimate of drug-likeness (QED) is 0.713. The third kappa shape index (κ3) is 4.39. The molecule has 1 saturated carbocycles. The highest BCUT2D eigenvalue weighted by atomic mass is 32.2. The van der Waals surface area contributed by atoms with Gasteiger partial charge in [0.1, 0.15) is 10.3 Å². The van der Waals surface area contributed by atoms with Crippen LogP contribution in [-0.4, -0.2) is 41.9 Å². The number of sulfonamides is 1. The Morgan fingerprint density at radius 1 is 1.28 bits per heavy atom. The summed E-state index contributed by atoms with van der Waals surface area (Å²) in [5, 5.41) is 8.86. The first kappa shape index (κ1) is 20.5. The third-order valence-corrected chi connectivity index (χ3v) is 8.82. The van der Waals surface area contributed by atoms with E-state index < -0.39 is 10.0 Å². The number of carbonyl (C=O) groups excluding carboxylic acids is 1. The first-order chi connectivity index (χ1) is 13.9. The van der Waals surface area contributed by atoms with Crippen LogP contribution in [0.1, 0.15) is 63.2 Å². The van der Waals surface area contributed by atoms with Crippen LogP contribution >= 0.6 is 11.3 Å². The van der Waals surface area contributed by atoms with E-state index in [1.54, 1.807) is 17.5 Å². The van der Waals surface area contributed by atoms with Gasteiger partial charge in [-0.3, -0.25) is 4.79 Å². The smallest absolute Gasteiger partial charge is 0.252 e. The highest BCUT2D eigenvalue weighted by molar-refractivity contribution is 7.91. The standard InChI is InChI=1S/C19H26N4O4S2/c1-12(2)16(19-21-17(22-27-19)13-5-6-13)20-18(24)14-7-9-23(10-8-14)29(25,26)15-4-3-11-28-15/h3-4,11-14,16H,5-10H2,1-2H3,(H,20,24). The minimum atomic E-state index is -3.46. The molecule has 2 aromatic rings. The van der Waals surface area contributed by atoms with Crippen LogP contribution in [-0.2, 0) is 14.8 Å². The Bertz CT molecular complexity index is 943. The van der Waals surface area contributed by atoms with Crippen LogP contribution in [0.3, 0.4) is 0 Å². The van der Waals surface area contributed by atoms with Crippen LogP contribution in [0.15, 0.2) is 26.2 Å². The number of hydrogen-bond acceptors (Lipinski definition) is 7. The van der Waals surface area contributed by atoms with E-state index in [0.29, 0.717) is 41.9 Å². The minimum absolute atomic E-state index is 0.0805. The number of thiophene rings is 1. The van der Waals surface area contributed by atoms with E-state index >= 15 is 0 Å². The summed E-state index contributed by atoms with van der Waals surface area (Å²) in [7, 11) is -3.46. The van der Waals surface area contributed by atoms with Crippen LogP contribution in [0.2, 0.25) is 0 Å². The molecule has 1 unspecified atom stereocenters. The lowest BCUT2D eigenvalue weighted by Crippen LogP contribution is -2.44. The monoisotopic (exact) mass is 438 g/mol. The molecule has 158 valence electrons. The van der Waals surface area contributed by atoms with Crippen molar-refractivity contribution in [1.82, 2.24) is 19.8 Å². The van der Waals surface area contributed by atoms with E-state index in [2.05, 4.69) is 15.5 Å². The first-order valence-corrected chi connectivity index (χ1v) is 12.4. The van der Waals surface area contributed by atoms with Gasteiger partial charge < -0.3 is 9.84 Å². The molecule has 1 saturated heterocycles. The van der Waals surface area contributed by atoms with Crippen molar-refractivity contribution in [2.75, 3.05) is 13.1 Å². The third-order valence-electron chi connectivity index (χ3n) is 5.54. The molecule has 4 rings (SSSR count). The van der Waals surface area contributed by atoms with Gasteiger partial charge in [0.25, 0.3) is 10.0 Å². The van der Waals surface area contributed by atoms with Crippen molar-refractivity contribution in [2.45, 2.75) is 55.7 Å². The van der Waals surface area contributed by atoms with Gasteiger partial charge in [-0.2, -0.15) is 9.29 Å². The molecule has 1 amide bonds. The highest BCUT2D eigenvalue weighted by Crippen LogP contribution is 2.38. The number of hydrogen-bond donors (Lipinski definition) is 1. The average molecular weight is 439 g/mol. The van der Waals surface area contributed by atoms with Gasteiger partial charge >= 0.3 is 0 Å². The number of amides is 1. The molecule has 1 N–H and O–H groups in total. The first-order valence-electron chi connectivity index (χ1n) is 10.0. The van der Waals surface area contributed by atoms with E-state index in [0.717, 1.165) is 18.7 Å². The molecule has 0 bridgehead atoms. The fraction of sp³-hybridized carbons (Fsp3) is 0.632. The van der Waals surface area contributed by atoms with Crippen molar-refractivity contribution < 1.29 is 17.7 Å². The van der Waals surface area contributed by atoms with Crippen molar-refractivity contribution in [3.05, 3.63) is 29.2 Å². The summed E-state index contributed by atoms with van der Waals surface area (Å²) in [5.41, 5.74) is 0. The summed E-state index contributed by atoms with van der Waals surface area (Å²) < 4.78 is 32.5. The molecule has 1 atom stereocenters. The molecule has 0 radical (unpaired) electrons. The normalized spacial score (nSPS) is 20.1. The molecule has 1 aliphatic carbocycles. The molecule has 0 aromatic carbocycles. The molecule has 2 aromatic heterocycles. The summed E-state index contributed by atoms with van der Waals surface area (Å²) in [6.45, 7) is 4.69. The zero-order valence-electron chi connectivity index (χ0n) is 16.6. The van der Waals surface area contributed by atoms with Crippen LogP contribution in [0, 0.1) is 11.8 Å². The Morgan fingerprint density at radius 2 is 2.00 bits per heavy atom. The van der Waals surface area contributed by atoms with Gasteiger partial charge in [-0.1, -0.05) is 25.1 Å². The number of piperidine rings is 1. The molecule has 0 spiro atoms. The molecule has 8 nitrogen and oxygen atoms in total. The molecule has 2 aliphatic rings. The largest absolute Gasteiger partial charge is 0.344 e. The highest BCUT2D eigenvalue weighted by Gasteiger charge is 2.35. The van der Waals surface area contributed by atoms with Crippen molar-refractivity contribution in [2.24, 2.45) is 11.8 Å². The van der Waals surface area contributed by atoms with Crippen molar-refractivity contribution in [1.29, 1.82) is 0 Å². The van der Waals surface area contributed by atoms with Crippen LogP contribution in [0.25, 0.3) is 0 Å². The van der Waals surface area contributed by atoms with Gasteiger partial charge in [-0.05, 0) is 43.0 Å². The maximum atomic E-state index is 12.9. The van der Waals surface area contributed by atoms with E-state index in [1.807, 2.05) is 13.8 Å². The number of carbonyl (C=O) groups is 1. The lowest BCUT2D eigenvalue weighted by Gasteiger charge is -2.31. The minimum Gasteiger partial charge on any atom is -0.344 e. The summed E-state index contributed by atoms with van der Waals surface area (Å²) in [5.74, 6) is 1.37. The molecule has 1 aliphatic heterocycles. The van der Waals surface area contributed by atoms with Gasteiger partial charge in [-0.25, -0.2) is 8.42 Å². The Labute approximate surface area is 174 Å². The fourth-order valence-electron chi connectivity index (χ4n) is 3.56. The lowest BCUT2D eigenvalue weighted by atomic mass is 9.95. The van der Waals surface area contributed by atoms with E-state index in [-0.39, 0.29) is 23.8 Å². The molecule has 3 heterocycles. The van der Waals surface area contributed by atoms with Crippen LogP contribution < -0.4 is 5.32 Å². The number of nitrogens with zero attached hydrogens (tertiary/aromatic N) is 3. The SMILES string of the molecule is CC(C)C(NC(=O)C1CCN(S(=O)(=O)c2cccs2)CC1)c1nc(C2CC2)no1. The van der Waals surface area contributed by atoms with Crippen LogP contribution in [0.5, 0.6) is 0 Å². The fourth-order valence-corrected chi connectivity index (χ4v) is 6.18. The molecule has 2 fully saturated rings. The van der Waals surface area contributed by atoms with Gasteiger partial charge in [0, 0.05) is 24.9 Å². The molecular weight excluding hydrogens is 412 g/mol. The zero-order chi connectivity index (χ0) is 20.6.